The first-order valence-corrected chi connectivity index (χ1v) is 11.2. The summed E-state index contributed by atoms with van der Waals surface area (Å²) in [6, 6.07) is 8.05. The van der Waals surface area contributed by atoms with E-state index in [0.29, 0.717) is 24.7 Å². The number of allylic oxidation sites excluding steroid dienone is 2. The van der Waals surface area contributed by atoms with Gasteiger partial charge in [-0.25, -0.2) is 14.4 Å². The highest BCUT2D eigenvalue weighted by Crippen LogP contribution is 2.35. The number of carbonyl (C=O) groups excluding carboxylic acids is 1. The molecule has 1 aliphatic heterocycles. The van der Waals surface area contributed by atoms with E-state index in [2.05, 4.69) is 21.0 Å². The van der Waals surface area contributed by atoms with Crippen LogP contribution in [0.25, 0.3) is 5.57 Å². The van der Waals surface area contributed by atoms with Gasteiger partial charge in [0.2, 0.25) is 5.95 Å². The molecular formula is C23H25FN6OS. The number of thioether (sulfide) groups is 1. The summed E-state index contributed by atoms with van der Waals surface area (Å²) in [7, 11) is 3.91. The number of aromatic nitrogens is 2. The molecule has 0 fully saturated rings. The van der Waals surface area contributed by atoms with Crippen LogP contribution in [0.5, 0.6) is 0 Å². The van der Waals surface area contributed by atoms with Crippen molar-refractivity contribution in [3.8, 4) is 0 Å². The van der Waals surface area contributed by atoms with Crippen molar-refractivity contribution in [1.29, 1.82) is 0 Å². The summed E-state index contributed by atoms with van der Waals surface area (Å²) in [4.78, 5) is 30.0. The lowest BCUT2D eigenvalue weighted by atomic mass is 10.0. The zero-order valence-corrected chi connectivity index (χ0v) is 18.8. The number of rotatable bonds is 7. The van der Waals surface area contributed by atoms with Crippen LogP contribution in [-0.4, -0.2) is 69.2 Å². The molecule has 0 radical (unpaired) electrons. The molecule has 32 heavy (non-hydrogen) atoms. The number of amides is 1. The Hall–Kier alpha value is -3.04. The predicted octanol–water partition coefficient (Wildman–Crippen LogP) is 2.62. The second-order valence-electron chi connectivity index (χ2n) is 7.95. The predicted molar refractivity (Wildman–Crippen MR) is 127 cm³/mol. The Labute approximate surface area is 190 Å². The van der Waals surface area contributed by atoms with Gasteiger partial charge in [0.15, 0.2) is 5.04 Å². The maximum atomic E-state index is 13.7. The molecule has 9 heteroatoms. The minimum absolute atomic E-state index is 0.00927. The molecule has 1 amide bonds. The highest BCUT2D eigenvalue weighted by Gasteiger charge is 2.34. The van der Waals surface area contributed by atoms with E-state index in [1.165, 1.54) is 23.9 Å². The van der Waals surface area contributed by atoms with E-state index in [1.807, 2.05) is 37.2 Å². The minimum Gasteiger partial charge on any atom is -0.368 e. The van der Waals surface area contributed by atoms with Crippen LogP contribution in [0, 0.1) is 5.82 Å². The first-order chi connectivity index (χ1) is 15.4. The number of carbonyl (C=O) groups is 1. The van der Waals surface area contributed by atoms with E-state index in [1.54, 1.807) is 23.2 Å². The fourth-order valence-corrected chi connectivity index (χ4v) is 4.71. The van der Waals surface area contributed by atoms with E-state index in [9.17, 15) is 9.18 Å². The van der Waals surface area contributed by atoms with E-state index >= 15 is 0 Å². The Kier molecular flexibility index (Phi) is 6.66. The summed E-state index contributed by atoms with van der Waals surface area (Å²) in [5.74, 6) is -0.224. The van der Waals surface area contributed by atoms with E-state index in [0.717, 1.165) is 16.8 Å². The maximum absolute atomic E-state index is 13.7. The van der Waals surface area contributed by atoms with Crippen LogP contribution in [0.3, 0.4) is 0 Å². The standard InChI is InChI=1S/C23H25FN6OS/c1-29(2)10-11-30(14-15-4-3-5-17(24)12-15)22(31)21-27-19-7-6-16(13-20(19)32-21)18-8-9-26-23(25)28-18/h3-9,12-13,19-20H,10-11,14H2,1-2H3,(H2,25,26,28). The van der Waals surface area contributed by atoms with Crippen molar-refractivity contribution < 1.29 is 9.18 Å². The lowest BCUT2D eigenvalue weighted by molar-refractivity contribution is -0.124. The minimum atomic E-state index is -0.311. The molecule has 2 aliphatic rings. The first kappa shape index (κ1) is 22.2. The summed E-state index contributed by atoms with van der Waals surface area (Å²) in [6.07, 6.45) is 7.64. The number of benzene rings is 1. The van der Waals surface area contributed by atoms with Crippen LogP contribution in [0.15, 0.2) is 59.7 Å². The maximum Gasteiger partial charge on any atom is 0.279 e. The Morgan fingerprint density at radius 3 is 2.84 bits per heavy atom. The second kappa shape index (κ2) is 9.62. The average Bonchev–Trinajstić information content (AvgIpc) is 3.19. The van der Waals surface area contributed by atoms with E-state index < -0.39 is 0 Å². The highest BCUT2D eigenvalue weighted by atomic mass is 32.2. The smallest absolute Gasteiger partial charge is 0.279 e. The van der Waals surface area contributed by atoms with Gasteiger partial charge in [0.05, 0.1) is 17.0 Å². The first-order valence-electron chi connectivity index (χ1n) is 10.3. The Bertz CT molecular complexity index is 1100. The van der Waals surface area contributed by atoms with Gasteiger partial charge in [-0.1, -0.05) is 42.1 Å². The van der Waals surface area contributed by atoms with Crippen LogP contribution in [-0.2, 0) is 11.3 Å². The number of nitrogens with zero attached hydrogens (tertiary/aromatic N) is 5. The molecule has 2 unspecified atom stereocenters. The normalized spacial score (nSPS) is 19.5. The number of hydrogen-bond acceptors (Lipinski definition) is 7. The van der Waals surface area contributed by atoms with Gasteiger partial charge in [-0.15, -0.1) is 0 Å². The molecule has 0 bridgehead atoms. The number of anilines is 1. The molecule has 166 valence electrons. The monoisotopic (exact) mass is 452 g/mol. The van der Waals surface area contributed by atoms with Gasteiger partial charge >= 0.3 is 0 Å². The van der Waals surface area contributed by atoms with Gasteiger partial charge in [-0.3, -0.25) is 9.79 Å². The SMILES string of the molecule is CN(C)CCN(Cc1cccc(F)c1)C(=O)C1=NC2C=CC(c3ccnc(N)n3)=CC2S1. The third-order valence-electron chi connectivity index (χ3n) is 5.19. The molecule has 2 N–H and O–H groups in total. The quantitative estimate of drug-likeness (QED) is 0.695. The van der Waals surface area contributed by atoms with Gasteiger partial charge in [-0.2, -0.15) is 0 Å². The molecule has 7 nitrogen and oxygen atoms in total. The number of hydrogen-bond donors (Lipinski definition) is 1. The molecule has 1 aromatic carbocycles. The van der Waals surface area contributed by atoms with E-state index in [-0.39, 0.29) is 29.0 Å². The summed E-state index contributed by atoms with van der Waals surface area (Å²) in [5.41, 5.74) is 8.14. The molecule has 2 atom stereocenters. The Balaban J connectivity index is 1.50. The van der Waals surface area contributed by atoms with Crippen LogP contribution < -0.4 is 5.73 Å². The van der Waals surface area contributed by atoms with Crippen molar-refractivity contribution in [3.63, 3.8) is 0 Å². The third-order valence-corrected chi connectivity index (χ3v) is 6.38. The lowest BCUT2D eigenvalue weighted by Gasteiger charge is -2.24. The molecule has 0 spiro atoms. The molecule has 0 saturated heterocycles. The van der Waals surface area contributed by atoms with Gasteiger partial charge in [0.1, 0.15) is 5.82 Å². The zero-order chi connectivity index (χ0) is 22.7. The van der Waals surface area contributed by atoms with Gasteiger partial charge < -0.3 is 15.5 Å². The molecule has 4 rings (SSSR count). The second-order valence-corrected chi connectivity index (χ2v) is 9.12. The molecule has 2 heterocycles. The van der Waals surface area contributed by atoms with Gasteiger partial charge in [-0.05, 0) is 43.4 Å². The molecular weight excluding hydrogens is 427 g/mol. The van der Waals surface area contributed by atoms with Crippen LogP contribution in [0.1, 0.15) is 11.3 Å². The Morgan fingerprint density at radius 2 is 2.09 bits per heavy atom. The Morgan fingerprint density at radius 1 is 1.25 bits per heavy atom. The van der Waals surface area contributed by atoms with Gasteiger partial charge in [0, 0.05) is 25.8 Å². The van der Waals surface area contributed by atoms with Crippen LogP contribution in [0.4, 0.5) is 10.3 Å². The van der Waals surface area contributed by atoms with Crippen molar-refractivity contribution in [2.24, 2.45) is 4.99 Å². The molecule has 0 saturated carbocycles. The number of fused-ring (bicyclic) bond motifs is 1. The topological polar surface area (TPSA) is 87.7 Å². The number of nitrogen functional groups attached to an aromatic ring is 1. The molecule has 2 aromatic rings. The van der Waals surface area contributed by atoms with Crippen molar-refractivity contribution in [1.82, 2.24) is 19.8 Å². The van der Waals surface area contributed by atoms with E-state index in [4.69, 9.17) is 5.73 Å². The fourth-order valence-electron chi connectivity index (χ4n) is 3.53. The summed E-state index contributed by atoms with van der Waals surface area (Å²) >= 11 is 1.45. The van der Waals surface area contributed by atoms with Crippen LogP contribution >= 0.6 is 11.8 Å². The fraction of sp³-hybridized carbons (Fsp3) is 0.304. The number of aliphatic imine (C=N–C) groups is 1. The largest absolute Gasteiger partial charge is 0.368 e. The third kappa shape index (κ3) is 5.23. The highest BCUT2D eigenvalue weighted by molar-refractivity contribution is 8.16. The van der Waals surface area contributed by atoms with Gasteiger partial charge in [0.25, 0.3) is 5.91 Å². The van der Waals surface area contributed by atoms with Crippen molar-refractivity contribution in [3.05, 3.63) is 71.8 Å². The number of likely N-dealkylation sites (N-methyl/N-ethyl adjacent to an activating group) is 1. The summed E-state index contributed by atoms with van der Waals surface area (Å²) in [6.45, 7) is 1.55. The number of nitrogens with two attached hydrogens (primary N) is 1. The molecule has 1 aliphatic carbocycles. The van der Waals surface area contributed by atoms with Crippen LogP contribution in [0.2, 0.25) is 0 Å². The van der Waals surface area contributed by atoms with Crippen molar-refractivity contribution >= 4 is 34.2 Å². The summed E-state index contributed by atoms with van der Waals surface area (Å²) < 4.78 is 13.7. The average molecular weight is 453 g/mol. The number of halogens is 1. The molecule has 1 aromatic heterocycles. The lowest BCUT2D eigenvalue weighted by Crippen LogP contribution is -2.39. The van der Waals surface area contributed by atoms with Crippen molar-refractivity contribution in [2.45, 2.75) is 17.8 Å². The van der Waals surface area contributed by atoms with Crippen molar-refractivity contribution in [2.75, 3.05) is 32.9 Å². The zero-order valence-electron chi connectivity index (χ0n) is 18.0. The summed E-state index contributed by atoms with van der Waals surface area (Å²) in [5, 5.41) is 0.481.